The summed E-state index contributed by atoms with van der Waals surface area (Å²) >= 11 is 0. The zero-order valence-corrected chi connectivity index (χ0v) is 20.7. The lowest BCUT2D eigenvalue weighted by atomic mass is 10.1. The van der Waals surface area contributed by atoms with Crippen LogP contribution in [-0.2, 0) is 9.53 Å². The molecule has 0 spiro atoms. The number of nitrogens with two attached hydrogens (primary N) is 1. The average molecular weight is 506 g/mol. The number of benzene rings is 1. The number of likely N-dealkylation sites (tertiary alicyclic amines) is 1. The third-order valence-corrected chi connectivity index (χ3v) is 6.87. The first-order chi connectivity index (χ1) is 17.9. The van der Waals surface area contributed by atoms with Crippen LogP contribution in [0.15, 0.2) is 31.1 Å². The lowest BCUT2D eigenvalue weighted by Crippen LogP contribution is -2.37. The van der Waals surface area contributed by atoms with Crippen LogP contribution in [0.1, 0.15) is 53.0 Å². The number of halogens is 1. The van der Waals surface area contributed by atoms with Crippen molar-refractivity contribution in [3.63, 3.8) is 0 Å². The number of nitrogens with one attached hydrogen (secondary N) is 1. The Labute approximate surface area is 213 Å². The van der Waals surface area contributed by atoms with E-state index in [0.717, 1.165) is 18.4 Å². The molecule has 2 aromatic heterocycles. The van der Waals surface area contributed by atoms with E-state index < -0.39 is 11.7 Å². The molecular formula is C26H28FN7O3. The van der Waals surface area contributed by atoms with E-state index in [4.69, 9.17) is 10.5 Å². The predicted octanol–water partition coefficient (Wildman–Crippen LogP) is 2.22. The highest BCUT2D eigenvalue weighted by atomic mass is 19.1. The van der Waals surface area contributed by atoms with E-state index >= 15 is 0 Å². The molecule has 11 heteroatoms. The van der Waals surface area contributed by atoms with Crippen molar-refractivity contribution < 1.29 is 18.7 Å². The summed E-state index contributed by atoms with van der Waals surface area (Å²) in [5, 5.41) is 7.58. The number of fused-ring (bicyclic) bond motifs is 1. The fraction of sp³-hybridized carbons (Fsp3) is 0.385. The number of hydrogen-bond acceptors (Lipinski definition) is 6. The monoisotopic (exact) mass is 505 g/mol. The number of aromatic nitrogens is 4. The molecule has 192 valence electrons. The quantitative estimate of drug-likeness (QED) is 0.375. The van der Waals surface area contributed by atoms with Gasteiger partial charge in [-0.1, -0.05) is 12.5 Å². The summed E-state index contributed by atoms with van der Waals surface area (Å²) in [7, 11) is 3.22. The number of primary amides is 1. The topological polar surface area (TPSA) is 120 Å². The number of imidazole rings is 1. The number of methoxy groups -OCH3 is 1. The molecule has 2 amide bonds. The van der Waals surface area contributed by atoms with Crippen LogP contribution in [0, 0.1) is 17.7 Å². The van der Waals surface area contributed by atoms with Crippen LogP contribution in [0.3, 0.4) is 0 Å². The number of carbonyl (C=O) groups is 2. The minimum absolute atomic E-state index is 0.108. The molecule has 2 aliphatic rings. The molecule has 1 aromatic carbocycles. The highest BCUT2D eigenvalue weighted by Gasteiger charge is 2.38. The summed E-state index contributed by atoms with van der Waals surface area (Å²) < 4.78 is 23.8. The average Bonchev–Trinajstić information content (AvgIpc) is 3.33. The van der Waals surface area contributed by atoms with Crippen LogP contribution in [0.25, 0.3) is 11.0 Å². The Morgan fingerprint density at radius 2 is 2.11 bits per heavy atom. The van der Waals surface area contributed by atoms with Gasteiger partial charge in [0.05, 0.1) is 41.6 Å². The molecule has 10 nitrogen and oxygen atoms in total. The molecule has 1 aliphatic heterocycles. The van der Waals surface area contributed by atoms with Gasteiger partial charge in [-0.15, -0.1) is 0 Å². The van der Waals surface area contributed by atoms with E-state index in [-0.39, 0.29) is 34.8 Å². The molecule has 1 aliphatic carbocycles. The van der Waals surface area contributed by atoms with Crippen LogP contribution in [0.4, 0.5) is 10.2 Å². The molecule has 0 radical (unpaired) electrons. The Morgan fingerprint density at radius 3 is 2.76 bits per heavy atom. The van der Waals surface area contributed by atoms with E-state index in [2.05, 4.69) is 33.8 Å². The van der Waals surface area contributed by atoms with Crippen molar-refractivity contribution in [2.75, 3.05) is 32.6 Å². The SMILES string of the molecule is C=CC(=O)N1C[C@@H](n2nc(C#Cc3cc4c(cc3F)ncn4C3CC3)c(C(N)=O)c2NC)C[C@@H]1COC. The van der Waals surface area contributed by atoms with Crippen LogP contribution in [0.5, 0.6) is 0 Å². The Balaban J connectivity index is 1.53. The molecule has 1 saturated heterocycles. The lowest BCUT2D eigenvalue weighted by molar-refractivity contribution is -0.127. The van der Waals surface area contributed by atoms with Gasteiger partial charge in [-0.2, -0.15) is 5.10 Å². The second-order valence-corrected chi connectivity index (χ2v) is 9.28. The number of nitrogens with zero attached hydrogens (tertiary/aromatic N) is 5. The maximum Gasteiger partial charge on any atom is 0.255 e. The summed E-state index contributed by atoms with van der Waals surface area (Å²) in [4.78, 5) is 30.8. The van der Waals surface area contributed by atoms with Crippen molar-refractivity contribution in [2.45, 2.75) is 37.4 Å². The number of amides is 2. The van der Waals surface area contributed by atoms with Crippen LogP contribution >= 0.6 is 0 Å². The second kappa shape index (κ2) is 9.71. The molecule has 3 N–H and O–H groups in total. The summed E-state index contributed by atoms with van der Waals surface area (Å²) in [5.41, 5.74) is 7.50. The fourth-order valence-electron chi connectivity index (χ4n) is 4.98. The summed E-state index contributed by atoms with van der Waals surface area (Å²) in [6, 6.07) is 2.98. The van der Waals surface area contributed by atoms with Gasteiger partial charge in [-0.25, -0.2) is 14.1 Å². The van der Waals surface area contributed by atoms with Crippen LogP contribution in [0.2, 0.25) is 0 Å². The smallest absolute Gasteiger partial charge is 0.255 e. The highest BCUT2D eigenvalue weighted by Crippen LogP contribution is 2.37. The first-order valence-corrected chi connectivity index (χ1v) is 12.1. The minimum Gasteiger partial charge on any atom is -0.383 e. The number of rotatable bonds is 7. The van der Waals surface area contributed by atoms with Crippen molar-refractivity contribution in [1.29, 1.82) is 0 Å². The van der Waals surface area contributed by atoms with Gasteiger partial charge in [0.15, 0.2) is 5.69 Å². The molecular weight excluding hydrogens is 477 g/mol. The number of carbonyl (C=O) groups excluding carboxylic acids is 2. The van der Waals surface area contributed by atoms with E-state index in [0.29, 0.717) is 36.9 Å². The maximum atomic E-state index is 14.8. The maximum absolute atomic E-state index is 14.8. The molecule has 3 aromatic rings. The molecule has 0 unspecified atom stereocenters. The standard InChI is InChI=1S/C26H28FN7O3/c1-4-23(35)32-12-17(10-18(32)13-37-3)34-26(29-2)24(25(28)36)20(31-34)8-5-15-9-22-21(11-19(15)27)30-14-33(22)16-6-7-16/h4,9,11,14,16-18,29H,1,6-7,10,12-13H2,2-3H3,(H2,28,36)/t17-,18+/m0/s1. The molecule has 0 bridgehead atoms. The Hall–Kier alpha value is -4.17. The number of anilines is 1. The molecule has 2 fully saturated rings. The predicted molar refractivity (Wildman–Crippen MR) is 135 cm³/mol. The van der Waals surface area contributed by atoms with Crippen LogP contribution in [-0.4, -0.2) is 69.4 Å². The third kappa shape index (κ3) is 4.44. The normalized spacial score (nSPS) is 19.1. The van der Waals surface area contributed by atoms with E-state index in [1.165, 1.54) is 12.1 Å². The molecule has 5 rings (SSSR count). The Kier molecular flexibility index (Phi) is 6.43. The van der Waals surface area contributed by atoms with Crippen molar-refractivity contribution in [2.24, 2.45) is 5.73 Å². The highest BCUT2D eigenvalue weighted by molar-refractivity contribution is 6.00. The van der Waals surface area contributed by atoms with Crippen molar-refractivity contribution in [1.82, 2.24) is 24.2 Å². The summed E-state index contributed by atoms with van der Waals surface area (Å²) in [6.07, 6.45) is 5.67. The first-order valence-electron chi connectivity index (χ1n) is 12.1. The zero-order chi connectivity index (χ0) is 26.3. The van der Waals surface area contributed by atoms with E-state index in [1.54, 1.807) is 36.1 Å². The molecule has 3 heterocycles. The van der Waals surface area contributed by atoms with Crippen molar-refractivity contribution in [3.8, 4) is 11.8 Å². The van der Waals surface area contributed by atoms with E-state index in [9.17, 15) is 14.0 Å². The van der Waals surface area contributed by atoms with Crippen molar-refractivity contribution in [3.05, 3.63) is 53.8 Å². The number of ether oxygens (including phenoxy) is 1. The summed E-state index contributed by atoms with van der Waals surface area (Å²) in [6.45, 7) is 4.28. The lowest BCUT2D eigenvalue weighted by Gasteiger charge is -2.22. The van der Waals surface area contributed by atoms with Gasteiger partial charge in [-0.3, -0.25) is 9.59 Å². The van der Waals surface area contributed by atoms with Gasteiger partial charge < -0.3 is 25.3 Å². The minimum atomic E-state index is -0.715. The molecule has 37 heavy (non-hydrogen) atoms. The van der Waals surface area contributed by atoms with Crippen molar-refractivity contribution >= 4 is 28.7 Å². The summed E-state index contributed by atoms with van der Waals surface area (Å²) in [5.74, 6) is 4.64. The third-order valence-electron chi connectivity index (χ3n) is 6.87. The molecule has 1 saturated carbocycles. The second-order valence-electron chi connectivity index (χ2n) is 9.28. The van der Waals surface area contributed by atoms with Gasteiger partial charge in [0, 0.05) is 32.8 Å². The van der Waals surface area contributed by atoms with E-state index in [1.807, 2.05) is 4.57 Å². The van der Waals surface area contributed by atoms with Gasteiger partial charge in [-0.05, 0) is 37.3 Å². The largest absolute Gasteiger partial charge is 0.383 e. The van der Waals surface area contributed by atoms with Gasteiger partial charge in [0.2, 0.25) is 5.91 Å². The number of hydrogen-bond donors (Lipinski definition) is 2. The van der Waals surface area contributed by atoms with Crippen LogP contribution < -0.4 is 11.1 Å². The fourth-order valence-corrected chi connectivity index (χ4v) is 4.98. The Morgan fingerprint density at radius 1 is 1.32 bits per heavy atom. The Bertz CT molecular complexity index is 1460. The van der Waals surface area contributed by atoms with Gasteiger partial charge in [0.25, 0.3) is 5.91 Å². The molecule has 2 atom stereocenters. The van der Waals surface area contributed by atoms with Gasteiger partial charge in [0.1, 0.15) is 17.2 Å². The zero-order valence-electron chi connectivity index (χ0n) is 20.7. The van der Waals surface area contributed by atoms with Gasteiger partial charge >= 0.3 is 0 Å². The first kappa shape index (κ1) is 24.5.